The lowest BCUT2D eigenvalue weighted by Gasteiger charge is -2.32. The van der Waals surface area contributed by atoms with E-state index in [2.05, 4.69) is 20.8 Å². The van der Waals surface area contributed by atoms with Gasteiger partial charge in [0.2, 0.25) is 0 Å². The molecular formula is C32H37N3O3. The van der Waals surface area contributed by atoms with Crippen molar-refractivity contribution in [2.75, 3.05) is 20.3 Å². The quantitative estimate of drug-likeness (QED) is 0.247. The van der Waals surface area contributed by atoms with Crippen LogP contribution in [0.4, 0.5) is 0 Å². The molecule has 1 atom stereocenters. The summed E-state index contributed by atoms with van der Waals surface area (Å²) in [7, 11) is 1.66. The Labute approximate surface area is 224 Å². The van der Waals surface area contributed by atoms with Crippen molar-refractivity contribution in [1.29, 1.82) is 0 Å². The monoisotopic (exact) mass is 511 g/mol. The van der Waals surface area contributed by atoms with Gasteiger partial charge in [-0.15, -0.1) is 0 Å². The maximum absolute atomic E-state index is 14.0. The van der Waals surface area contributed by atoms with Crippen LogP contribution < -0.4 is 5.56 Å². The second-order valence-electron chi connectivity index (χ2n) is 10.6. The highest BCUT2D eigenvalue weighted by atomic mass is 16.5. The summed E-state index contributed by atoms with van der Waals surface area (Å²) in [6, 6.07) is 24.3. The van der Waals surface area contributed by atoms with E-state index < -0.39 is 6.04 Å². The first-order chi connectivity index (χ1) is 18.3. The van der Waals surface area contributed by atoms with Crippen molar-refractivity contribution in [1.82, 2.24) is 14.5 Å². The first-order valence-corrected chi connectivity index (χ1v) is 13.2. The molecule has 38 heavy (non-hydrogen) atoms. The van der Waals surface area contributed by atoms with E-state index in [4.69, 9.17) is 9.72 Å². The van der Waals surface area contributed by atoms with Crippen LogP contribution in [0, 0.1) is 0 Å². The Bertz CT molecular complexity index is 1440. The van der Waals surface area contributed by atoms with Crippen LogP contribution in [0.25, 0.3) is 16.6 Å². The molecule has 0 saturated carbocycles. The zero-order valence-corrected chi connectivity index (χ0v) is 23.0. The molecule has 1 aromatic heterocycles. The molecule has 0 fully saturated rings. The van der Waals surface area contributed by atoms with Crippen molar-refractivity contribution < 1.29 is 9.53 Å². The van der Waals surface area contributed by atoms with E-state index in [0.29, 0.717) is 48.3 Å². The predicted octanol–water partition coefficient (Wildman–Crippen LogP) is 6.31. The van der Waals surface area contributed by atoms with E-state index >= 15 is 0 Å². The summed E-state index contributed by atoms with van der Waals surface area (Å²) >= 11 is 0. The van der Waals surface area contributed by atoms with Crippen LogP contribution >= 0.6 is 0 Å². The van der Waals surface area contributed by atoms with Gasteiger partial charge in [-0.25, -0.2) is 4.98 Å². The lowest BCUT2D eigenvalue weighted by atomic mass is 9.86. The van der Waals surface area contributed by atoms with Crippen LogP contribution in [0.1, 0.15) is 68.3 Å². The van der Waals surface area contributed by atoms with Crippen molar-refractivity contribution >= 4 is 16.8 Å². The first kappa shape index (κ1) is 27.3. The molecule has 1 amide bonds. The Morgan fingerprint density at radius 2 is 1.63 bits per heavy atom. The van der Waals surface area contributed by atoms with Crippen molar-refractivity contribution in [3.8, 4) is 5.69 Å². The summed E-state index contributed by atoms with van der Waals surface area (Å²) in [6.07, 6.45) is 1.26. The third kappa shape index (κ3) is 5.70. The molecule has 1 heterocycles. The molecule has 0 bridgehead atoms. The molecular weight excluding hydrogens is 474 g/mol. The summed E-state index contributed by atoms with van der Waals surface area (Å²) in [6.45, 7) is 9.50. The molecule has 0 radical (unpaired) electrons. The van der Waals surface area contributed by atoms with Crippen molar-refractivity contribution in [2.45, 2.75) is 52.0 Å². The minimum atomic E-state index is -0.417. The highest BCUT2D eigenvalue weighted by molar-refractivity contribution is 5.94. The van der Waals surface area contributed by atoms with Gasteiger partial charge in [0, 0.05) is 25.8 Å². The lowest BCUT2D eigenvalue weighted by Crippen LogP contribution is -2.39. The molecule has 0 saturated heterocycles. The number of hydrogen-bond donors (Lipinski definition) is 0. The molecule has 1 unspecified atom stereocenters. The van der Waals surface area contributed by atoms with Crippen LogP contribution in [-0.2, 0) is 10.2 Å². The molecule has 0 aliphatic rings. The molecule has 0 aliphatic heterocycles. The summed E-state index contributed by atoms with van der Waals surface area (Å²) in [5, 5.41) is 0.546. The van der Waals surface area contributed by atoms with Crippen molar-refractivity contribution in [3.05, 3.63) is 106 Å². The Morgan fingerprint density at radius 3 is 2.26 bits per heavy atom. The smallest absolute Gasteiger partial charge is 0.266 e. The highest BCUT2D eigenvalue weighted by Crippen LogP contribution is 2.29. The summed E-state index contributed by atoms with van der Waals surface area (Å²) in [5.41, 5.74) is 2.98. The second-order valence-corrected chi connectivity index (χ2v) is 10.6. The van der Waals surface area contributed by atoms with Crippen LogP contribution in [-0.4, -0.2) is 40.6 Å². The first-order valence-electron chi connectivity index (χ1n) is 13.2. The zero-order valence-electron chi connectivity index (χ0n) is 23.0. The second kappa shape index (κ2) is 11.7. The molecule has 0 aliphatic carbocycles. The van der Waals surface area contributed by atoms with Crippen LogP contribution in [0.5, 0.6) is 0 Å². The van der Waals surface area contributed by atoms with E-state index in [9.17, 15) is 9.59 Å². The number of fused-ring (bicyclic) bond motifs is 1. The number of para-hydroxylation sites is 2. The fourth-order valence-corrected chi connectivity index (χ4v) is 4.80. The number of aromatic nitrogens is 2. The lowest BCUT2D eigenvalue weighted by molar-refractivity contribution is 0.0634. The van der Waals surface area contributed by atoms with Crippen molar-refractivity contribution in [3.63, 3.8) is 0 Å². The third-order valence-corrected chi connectivity index (χ3v) is 6.88. The Morgan fingerprint density at radius 1 is 0.974 bits per heavy atom. The topological polar surface area (TPSA) is 64.4 Å². The fourth-order valence-electron chi connectivity index (χ4n) is 4.80. The standard InChI is InChI=1S/C32H37N3O3/c1-6-28(34(21-12-22-38-5)30(36)23-17-19-24(20-18-23)32(2,3)4)29-33-27-16-11-10-15-26(27)31(37)35(29)25-13-8-7-9-14-25/h7-11,13-20,28H,6,12,21-22H2,1-5H3. The van der Waals surface area contributed by atoms with Gasteiger partial charge < -0.3 is 9.64 Å². The van der Waals surface area contributed by atoms with E-state index in [-0.39, 0.29) is 16.9 Å². The minimum absolute atomic E-state index is 0.00749. The van der Waals surface area contributed by atoms with Gasteiger partial charge >= 0.3 is 0 Å². The molecule has 0 spiro atoms. The molecule has 3 aromatic carbocycles. The number of amides is 1. The molecule has 198 valence electrons. The van der Waals surface area contributed by atoms with Gasteiger partial charge in [0.25, 0.3) is 11.5 Å². The average Bonchev–Trinajstić information content (AvgIpc) is 2.92. The number of ether oxygens (including phenoxy) is 1. The van der Waals surface area contributed by atoms with E-state index in [0.717, 1.165) is 5.69 Å². The Balaban J connectivity index is 1.86. The number of carbonyl (C=O) groups is 1. The molecule has 6 nitrogen and oxygen atoms in total. The normalized spacial score (nSPS) is 12.4. The summed E-state index contributed by atoms with van der Waals surface area (Å²) in [5.74, 6) is 0.468. The Kier molecular flexibility index (Phi) is 8.42. The van der Waals surface area contributed by atoms with Crippen LogP contribution in [0.15, 0.2) is 83.7 Å². The van der Waals surface area contributed by atoms with E-state index in [1.807, 2.05) is 84.6 Å². The number of benzene rings is 3. The Hall–Kier alpha value is -3.77. The van der Waals surface area contributed by atoms with Gasteiger partial charge in [0.15, 0.2) is 0 Å². The van der Waals surface area contributed by atoms with Gasteiger partial charge in [-0.1, -0.05) is 70.2 Å². The van der Waals surface area contributed by atoms with Gasteiger partial charge in [-0.3, -0.25) is 14.2 Å². The van der Waals surface area contributed by atoms with Crippen LogP contribution in [0.2, 0.25) is 0 Å². The van der Waals surface area contributed by atoms with Gasteiger partial charge in [0.05, 0.1) is 22.6 Å². The van der Waals surface area contributed by atoms with Gasteiger partial charge in [0.1, 0.15) is 5.82 Å². The number of carbonyl (C=O) groups excluding carboxylic acids is 1. The maximum atomic E-state index is 14.0. The summed E-state index contributed by atoms with van der Waals surface area (Å²) in [4.78, 5) is 34.7. The minimum Gasteiger partial charge on any atom is -0.385 e. The summed E-state index contributed by atoms with van der Waals surface area (Å²) < 4.78 is 6.97. The fraction of sp³-hybridized carbons (Fsp3) is 0.344. The molecule has 4 aromatic rings. The maximum Gasteiger partial charge on any atom is 0.266 e. The zero-order chi connectivity index (χ0) is 27.3. The predicted molar refractivity (Wildman–Crippen MR) is 153 cm³/mol. The number of methoxy groups -OCH3 is 1. The largest absolute Gasteiger partial charge is 0.385 e. The highest BCUT2D eigenvalue weighted by Gasteiger charge is 2.30. The third-order valence-electron chi connectivity index (χ3n) is 6.88. The molecule has 4 rings (SSSR count). The van der Waals surface area contributed by atoms with E-state index in [1.165, 1.54) is 5.56 Å². The van der Waals surface area contributed by atoms with Gasteiger partial charge in [-0.05, 0) is 60.2 Å². The average molecular weight is 512 g/mol. The molecule has 0 N–H and O–H groups in total. The van der Waals surface area contributed by atoms with Crippen molar-refractivity contribution in [2.24, 2.45) is 0 Å². The number of nitrogens with zero attached hydrogens (tertiary/aromatic N) is 3. The SMILES string of the molecule is CCC(c1nc2ccccc2c(=O)n1-c1ccccc1)N(CCCOC)C(=O)c1ccc(C(C)(C)C)cc1. The number of rotatable bonds is 9. The van der Waals surface area contributed by atoms with E-state index in [1.54, 1.807) is 17.7 Å². The number of hydrogen-bond acceptors (Lipinski definition) is 4. The van der Waals surface area contributed by atoms with Gasteiger partial charge in [-0.2, -0.15) is 0 Å². The van der Waals surface area contributed by atoms with Crippen LogP contribution in [0.3, 0.4) is 0 Å². The molecule has 6 heteroatoms.